The number of phenols is 1. The first-order chi connectivity index (χ1) is 6.97. The number of carbonyl (C=O) groups excluding carboxylic acids is 1. The first-order valence-electron chi connectivity index (χ1n) is 3.73. The molecule has 0 aliphatic heterocycles. The van der Waals surface area contributed by atoms with Crippen molar-refractivity contribution in [3.8, 4) is 5.75 Å². The smallest absolute Gasteiger partial charge is 0.308 e. The van der Waals surface area contributed by atoms with Crippen LogP contribution in [0, 0.1) is 15.9 Å². The largest absolute Gasteiger partial charge is 0.507 e. The summed E-state index contributed by atoms with van der Waals surface area (Å²) in [5.41, 5.74) is -1.26. The normalized spacial score (nSPS) is 10.0. The van der Waals surface area contributed by atoms with Crippen LogP contribution in [0.3, 0.4) is 0 Å². The lowest BCUT2D eigenvalue weighted by Crippen LogP contribution is -2.03. The van der Waals surface area contributed by atoms with Crippen molar-refractivity contribution < 1.29 is 19.2 Å². The van der Waals surface area contributed by atoms with Gasteiger partial charge < -0.3 is 5.11 Å². The van der Waals surface area contributed by atoms with Gasteiger partial charge in [-0.2, -0.15) is 4.39 Å². The van der Waals surface area contributed by atoms with E-state index in [9.17, 15) is 24.4 Å². The lowest BCUT2D eigenvalue weighted by atomic mass is 10.1. The molecule has 5 nitrogen and oxygen atoms in total. The lowest BCUT2D eigenvalue weighted by Gasteiger charge is -2.01. The second-order valence-corrected chi connectivity index (χ2v) is 2.90. The van der Waals surface area contributed by atoms with Gasteiger partial charge in [-0.3, -0.25) is 14.9 Å². The number of phenolic OH excluding ortho intramolecular Hbond substituents is 1. The van der Waals surface area contributed by atoms with Crippen LogP contribution < -0.4 is 0 Å². The Morgan fingerprint density at radius 3 is 2.67 bits per heavy atom. The molecule has 0 bridgehead atoms. The van der Waals surface area contributed by atoms with Crippen LogP contribution in [0.15, 0.2) is 12.1 Å². The average Bonchev–Trinajstić information content (AvgIpc) is 2.19. The summed E-state index contributed by atoms with van der Waals surface area (Å²) in [6.45, 7) is 0. The number of ketones is 1. The molecule has 0 aliphatic rings. The summed E-state index contributed by atoms with van der Waals surface area (Å²) in [5, 5.41) is 19.5. The fraction of sp³-hybridized carbons (Fsp3) is 0.125. The minimum atomic E-state index is -1.19. The maximum Gasteiger partial charge on any atom is 0.308 e. The quantitative estimate of drug-likeness (QED) is 0.374. The summed E-state index contributed by atoms with van der Waals surface area (Å²) in [4.78, 5) is 20.3. The second-order valence-electron chi connectivity index (χ2n) is 2.63. The van der Waals surface area contributed by atoms with Gasteiger partial charge in [-0.05, 0) is 6.07 Å². The third-order valence-corrected chi connectivity index (χ3v) is 1.93. The zero-order valence-corrected chi connectivity index (χ0v) is 7.99. The maximum absolute atomic E-state index is 13.0. The number of halogens is 2. The highest BCUT2D eigenvalue weighted by Crippen LogP contribution is 2.27. The number of aromatic hydroxyl groups is 1. The summed E-state index contributed by atoms with van der Waals surface area (Å²) in [7, 11) is 0. The Morgan fingerprint density at radius 2 is 2.20 bits per heavy atom. The van der Waals surface area contributed by atoms with E-state index in [1.807, 2.05) is 0 Å². The third kappa shape index (κ3) is 2.21. The Bertz CT molecular complexity index is 435. The van der Waals surface area contributed by atoms with Crippen LogP contribution in [0.1, 0.15) is 10.4 Å². The number of nitro groups is 1. The number of benzene rings is 1. The van der Waals surface area contributed by atoms with E-state index in [4.69, 9.17) is 11.6 Å². The molecule has 1 aromatic rings. The van der Waals surface area contributed by atoms with Crippen molar-refractivity contribution in [2.24, 2.45) is 0 Å². The Kier molecular flexibility index (Phi) is 3.21. The summed E-state index contributed by atoms with van der Waals surface area (Å²) in [6.07, 6.45) is 0. The van der Waals surface area contributed by atoms with Crippen LogP contribution in [-0.4, -0.2) is 21.7 Å². The van der Waals surface area contributed by atoms with Gasteiger partial charge in [0.05, 0.1) is 22.4 Å². The molecule has 0 amide bonds. The van der Waals surface area contributed by atoms with Crippen molar-refractivity contribution in [3.63, 3.8) is 0 Å². The molecule has 0 heterocycles. The molecule has 0 spiro atoms. The summed E-state index contributed by atoms with van der Waals surface area (Å²) >= 11 is 5.20. The van der Waals surface area contributed by atoms with Crippen LogP contribution in [0.5, 0.6) is 5.75 Å². The van der Waals surface area contributed by atoms with Gasteiger partial charge in [0.25, 0.3) is 0 Å². The molecule has 0 saturated carbocycles. The number of hydrogen-bond acceptors (Lipinski definition) is 4. The Balaban J connectivity index is 3.31. The van der Waals surface area contributed by atoms with E-state index in [1.54, 1.807) is 0 Å². The molecule has 0 aliphatic carbocycles. The highest BCUT2D eigenvalue weighted by Gasteiger charge is 2.20. The molecule has 80 valence electrons. The number of nitro benzene ring substituents is 1. The van der Waals surface area contributed by atoms with E-state index in [0.29, 0.717) is 12.1 Å². The van der Waals surface area contributed by atoms with Gasteiger partial charge in [-0.1, -0.05) is 0 Å². The fourth-order valence-corrected chi connectivity index (χ4v) is 1.13. The van der Waals surface area contributed by atoms with Crippen molar-refractivity contribution in [1.82, 2.24) is 0 Å². The molecular weight excluding hydrogens is 229 g/mol. The average molecular weight is 234 g/mol. The van der Waals surface area contributed by atoms with Crippen LogP contribution >= 0.6 is 11.6 Å². The molecule has 15 heavy (non-hydrogen) atoms. The highest BCUT2D eigenvalue weighted by atomic mass is 35.5. The lowest BCUT2D eigenvalue weighted by molar-refractivity contribution is -0.387. The first kappa shape index (κ1) is 11.4. The Labute approximate surface area is 88.2 Å². The molecule has 0 atom stereocenters. The SMILES string of the molecule is O=C(CCl)c1cc(F)c([N+](=O)[O-])cc1O. The summed E-state index contributed by atoms with van der Waals surface area (Å²) in [5.74, 6) is -2.99. The van der Waals surface area contributed by atoms with Crippen molar-refractivity contribution in [1.29, 1.82) is 0 Å². The van der Waals surface area contributed by atoms with Gasteiger partial charge in [-0.25, -0.2) is 0 Å². The monoisotopic (exact) mass is 233 g/mol. The van der Waals surface area contributed by atoms with Gasteiger partial charge in [0, 0.05) is 0 Å². The van der Waals surface area contributed by atoms with E-state index in [0.717, 1.165) is 0 Å². The van der Waals surface area contributed by atoms with E-state index < -0.39 is 33.8 Å². The molecule has 0 radical (unpaired) electrons. The number of rotatable bonds is 3. The molecule has 1 aromatic carbocycles. The number of nitrogens with zero attached hydrogens (tertiary/aromatic N) is 1. The second kappa shape index (κ2) is 4.22. The van der Waals surface area contributed by atoms with Crippen molar-refractivity contribution in [2.45, 2.75) is 0 Å². The summed E-state index contributed by atoms with van der Waals surface area (Å²) < 4.78 is 13.0. The number of Topliss-reactive ketones (excluding diaryl/α,β-unsaturated/α-hetero) is 1. The number of carbonyl (C=O) groups is 1. The van der Waals surface area contributed by atoms with E-state index in [1.165, 1.54) is 0 Å². The molecule has 1 N–H and O–H groups in total. The Morgan fingerprint density at radius 1 is 1.60 bits per heavy atom. The fourth-order valence-electron chi connectivity index (χ4n) is 0.986. The van der Waals surface area contributed by atoms with Crippen LogP contribution in [0.2, 0.25) is 0 Å². The van der Waals surface area contributed by atoms with Crippen LogP contribution in [-0.2, 0) is 0 Å². The number of hydrogen-bond donors (Lipinski definition) is 1. The highest BCUT2D eigenvalue weighted by molar-refractivity contribution is 6.30. The molecule has 0 aromatic heterocycles. The van der Waals surface area contributed by atoms with E-state index in [2.05, 4.69) is 0 Å². The predicted molar refractivity (Wildman–Crippen MR) is 49.8 cm³/mol. The minimum absolute atomic E-state index is 0.367. The topological polar surface area (TPSA) is 80.4 Å². The Hall–Kier alpha value is -1.69. The van der Waals surface area contributed by atoms with E-state index >= 15 is 0 Å². The van der Waals surface area contributed by atoms with E-state index in [-0.39, 0.29) is 5.56 Å². The van der Waals surface area contributed by atoms with Crippen molar-refractivity contribution >= 4 is 23.1 Å². The molecule has 1 rings (SSSR count). The molecule has 0 unspecified atom stereocenters. The van der Waals surface area contributed by atoms with Crippen molar-refractivity contribution in [3.05, 3.63) is 33.6 Å². The standard InChI is InChI=1S/C8H5ClFNO4/c9-3-8(13)4-1-5(10)6(11(14)15)2-7(4)12/h1-2,12H,3H2. The maximum atomic E-state index is 13.0. The zero-order chi connectivity index (χ0) is 11.6. The van der Waals surface area contributed by atoms with Crippen LogP contribution in [0.4, 0.5) is 10.1 Å². The third-order valence-electron chi connectivity index (χ3n) is 1.68. The van der Waals surface area contributed by atoms with Gasteiger partial charge in [-0.15, -0.1) is 11.6 Å². The molecular formula is C8H5ClFNO4. The van der Waals surface area contributed by atoms with Crippen molar-refractivity contribution in [2.75, 3.05) is 5.88 Å². The van der Waals surface area contributed by atoms with Gasteiger partial charge in [0.1, 0.15) is 5.75 Å². The summed E-state index contributed by atoms with van der Waals surface area (Å²) in [6, 6.07) is 1.17. The van der Waals surface area contributed by atoms with Gasteiger partial charge >= 0.3 is 5.69 Å². The number of alkyl halides is 1. The molecule has 0 fully saturated rings. The van der Waals surface area contributed by atoms with Gasteiger partial charge in [0.15, 0.2) is 5.78 Å². The first-order valence-corrected chi connectivity index (χ1v) is 4.27. The van der Waals surface area contributed by atoms with Gasteiger partial charge in [0.2, 0.25) is 5.82 Å². The predicted octanol–water partition coefficient (Wildman–Crippen LogP) is 1.86. The molecule has 0 saturated heterocycles. The minimum Gasteiger partial charge on any atom is -0.507 e. The zero-order valence-electron chi connectivity index (χ0n) is 7.24. The van der Waals surface area contributed by atoms with Crippen LogP contribution in [0.25, 0.3) is 0 Å². The molecule has 7 heteroatoms.